The molecule has 1 aromatic carbocycles. The topological polar surface area (TPSA) is 203 Å². The van der Waals surface area contributed by atoms with Crippen molar-refractivity contribution in [2.24, 2.45) is 10.9 Å². The molecule has 14 nitrogen and oxygen atoms in total. The number of likely N-dealkylation sites (tertiary alicyclic amines) is 1. The Bertz CT molecular complexity index is 1220. The van der Waals surface area contributed by atoms with Gasteiger partial charge < -0.3 is 30.8 Å². The number of carbonyl (C=O) groups is 4. The minimum Gasteiger partial charge on any atom is -0.481 e. The highest BCUT2D eigenvalue weighted by Gasteiger charge is 2.40. The first kappa shape index (κ1) is 29.8. The number of amides is 2. The van der Waals surface area contributed by atoms with Crippen LogP contribution in [0.4, 0.5) is 0 Å². The Morgan fingerprint density at radius 3 is 2.49 bits per heavy atom. The van der Waals surface area contributed by atoms with Crippen molar-refractivity contribution in [3.63, 3.8) is 0 Å². The van der Waals surface area contributed by atoms with Crippen molar-refractivity contribution in [2.75, 3.05) is 26.7 Å². The van der Waals surface area contributed by atoms with Gasteiger partial charge in [0.2, 0.25) is 21.8 Å². The monoisotopic (exact) mass is 566 g/mol. The molecule has 5 N–H and O–H groups in total. The van der Waals surface area contributed by atoms with Gasteiger partial charge in [0.15, 0.2) is 0 Å². The lowest BCUT2D eigenvalue weighted by molar-refractivity contribution is -0.142. The summed E-state index contributed by atoms with van der Waals surface area (Å²) in [6.07, 6.45) is 3.28. The first-order chi connectivity index (χ1) is 18.4. The van der Waals surface area contributed by atoms with Crippen LogP contribution in [0.1, 0.15) is 48.9 Å². The number of nitrogens with zero attached hydrogens (tertiary/aromatic N) is 4. The van der Waals surface area contributed by atoms with Gasteiger partial charge in [-0.25, -0.2) is 13.2 Å². The second kappa shape index (κ2) is 12.9. The number of aliphatic carboxylic acids is 1. The van der Waals surface area contributed by atoms with E-state index in [2.05, 4.69) is 9.82 Å². The van der Waals surface area contributed by atoms with Crippen molar-refractivity contribution < 1.29 is 37.8 Å². The molecule has 2 aliphatic rings. The maximum Gasteiger partial charge on any atom is 0.337 e. The maximum atomic E-state index is 13.6. The van der Waals surface area contributed by atoms with Crippen LogP contribution in [0.3, 0.4) is 0 Å². The summed E-state index contributed by atoms with van der Waals surface area (Å²) in [4.78, 5) is 53.8. The van der Waals surface area contributed by atoms with Crippen molar-refractivity contribution >= 4 is 40.1 Å². The zero-order valence-corrected chi connectivity index (χ0v) is 22.4. The van der Waals surface area contributed by atoms with Crippen LogP contribution in [0.2, 0.25) is 0 Å². The molecule has 2 fully saturated rings. The fourth-order valence-corrected chi connectivity index (χ4v) is 5.99. The van der Waals surface area contributed by atoms with Crippen LogP contribution in [0.15, 0.2) is 34.3 Å². The van der Waals surface area contributed by atoms with E-state index in [9.17, 15) is 32.7 Å². The Morgan fingerprint density at radius 1 is 1.18 bits per heavy atom. The molecule has 0 spiro atoms. The molecule has 1 aliphatic heterocycles. The molecule has 39 heavy (non-hydrogen) atoms. The highest BCUT2D eigenvalue weighted by atomic mass is 32.2. The first-order valence-electron chi connectivity index (χ1n) is 12.5. The van der Waals surface area contributed by atoms with Gasteiger partial charge in [-0.15, -0.1) is 0 Å². The number of hydrogen-bond donors (Lipinski definition) is 4. The van der Waals surface area contributed by atoms with E-state index in [1.807, 2.05) is 4.90 Å². The molecular weight excluding hydrogens is 532 g/mol. The average molecular weight is 567 g/mol. The lowest BCUT2D eigenvalue weighted by atomic mass is 10.0. The normalized spacial score (nSPS) is 18.5. The standard InChI is InChI=1S/C24H34N6O8S/c1-28(17-5-4-11-29(14-17)15-26-25)21(31)13-19(23(34)30(16-8-9-16)12-10-22(32)33)27-39(37,38)20-7-3-2-6-18(20)24(35)36/h2-3,6-7,15-17,19,27H,4-5,8-14,25H2,1H3,(H,32,33)(H,35,36)/t17-,19-/m0/s1. The van der Waals surface area contributed by atoms with Crippen molar-refractivity contribution in [2.45, 2.75) is 61.5 Å². The molecule has 1 aromatic rings. The summed E-state index contributed by atoms with van der Waals surface area (Å²) >= 11 is 0. The number of aromatic carboxylic acids is 1. The molecule has 0 bridgehead atoms. The third-order valence-corrected chi connectivity index (χ3v) is 8.35. The van der Waals surface area contributed by atoms with Crippen molar-refractivity contribution in [3.05, 3.63) is 29.8 Å². The van der Waals surface area contributed by atoms with Gasteiger partial charge in [-0.05, 0) is 37.8 Å². The molecule has 15 heteroatoms. The molecule has 1 saturated carbocycles. The molecule has 2 amide bonds. The minimum atomic E-state index is -4.57. The number of nitrogens with one attached hydrogen (secondary N) is 1. The van der Waals surface area contributed by atoms with Gasteiger partial charge in [0.25, 0.3) is 0 Å². The fraction of sp³-hybridized carbons (Fsp3) is 0.542. The number of piperidine rings is 1. The number of hydrogen-bond acceptors (Lipinski definition) is 8. The predicted octanol–water partition coefficient (Wildman–Crippen LogP) is -0.288. The molecular formula is C24H34N6O8S. The molecule has 1 saturated heterocycles. The Labute approximate surface area is 226 Å². The summed E-state index contributed by atoms with van der Waals surface area (Å²) in [7, 11) is -3.00. The van der Waals surface area contributed by atoms with Gasteiger partial charge in [-0.2, -0.15) is 9.82 Å². The van der Waals surface area contributed by atoms with Crippen molar-refractivity contribution in [3.8, 4) is 0 Å². The van der Waals surface area contributed by atoms with Gasteiger partial charge in [0.05, 0.1) is 23.3 Å². The van der Waals surface area contributed by atoms with E-state index in [1.165, 1.54) is 28.3 Å². The van der Waals surface area contributed by atoms with E-state index in [0.29, 0.717) is 32.4 Å². The van der Waals surface area contributed by atoms with Gasteiger partial charge in [-0.1, -0.05) is 12.1 Å². The summed E-state index contributed by atoms with van der Waals surface area (Å²) in [5, 5.41) is 22.1. The molecule has 2 atom stereocenters. The number of carbonyl (C=O) groups excluding carboxylic acids is 2. The first-order valence-corrected chi connectivity index (χ1v) is 14.0. The number of nitrogens with two attached hydrogens (primary N) is 1. The number of benzene rings is 1. The van der Waals surface area contributed by atoms with Crippen molar-refractivity contribution in [1.29, 1.82) is 0 Å². The van der Waals surface area contributed by atoms with Gasteiger partial charge in [0, 0.05) is 38.8 Å². The summed E-state index contributed by atoms with van der Waals surface area (Å²) < 4.78 is 28.9. The van der Waals surface area contributed by atoms with Crippen LogP contribution >= 0.6 is 0 Å². The Balaban J connectivity index is 1.88. The zero-order chi connectivity index (χ0) is 28.7. The smallest absolute Gasteiger partial charge is 0.337 e. The summed E-state index contributed by atoms with van der Waals surface area (Å²) in [6.45, 7) is 1.01. The third kappa shape index (κ3) is 7.89. The number of hydrazone groups is 1. The SMILES string of the molecule is CN(C(=O)C[C@H](NS(=O)(=O)c1ccccc1C(=O)O)C(=O)N(CCC(=O)O)C1CC1)[C@H]1CCCN(C=NN)C1. The van der Waals surface area contributed by atoms with Crippen molar-refractivity contribution in [1.82, 2.24) is 19.4 Å². The number of carboxylic acids is 2. The Morgan fingerprint density at radius 2 is 1.87 bits per heavy atom. The van der Waals surface area contributed by atoms with E-state index >= 15 is 0 Å². The molecule has 1 heterocycles. The summed E-state index contributed by atoms with van der Waals surface area (Å²) in [5.74, 6) is 1.40. The highest BCUT2D eigenvalue weighted by molar-refractivity contribution is 7.89. The van der Waals surface area contributed by atoms with Crippen LogP contribution in [-0.4, -0.2) is 108 Å². The molecule has 0 unspecified atom stereocenters. The van der Waals surface area contributed by atoms with E-state index in [1.54, 1.807) is 7.05 Å². The van der Waals surface area contributed by atoms with Crippen LogP contribution in [0.25, 0.3) is 0 Å². The van der Waals surface area contributed by atoms with E-state index in [-0.39, 0.29) is 25.0 Å². The predicted molar refractivity (Wildman–Crippen MR) is 139 cm³/mol. The van der Waals surface area contributed by atoms with Crippen LogP contribution in [0.5, 0.6) is 0 Å². The fourth-order valence-electron chi connectivity index (χ4n) is 4.60. The largest absolute Gasteiger partial charge is 0.481 e. The third-order valence-electron chi connectivity index (χ3n) is 6.82. The van der Waals surface area contributed by atoms with Crippen LogP contribution in [0, 0.1) is 0 Å². The molecule has 3 rings (SSSR count). The summed E-state index contributed by atoms with van der Waals surface area (Å²) in [5.41, 5.74) is -0.492. The van der Waals surface area contributed by atoms with E-state index < -0.39 is 56.7 Å². The maximum absolute atomic E-state index is 13.6. The second-order valence-electron chi connectivity index (χ2n) is 9.65. The van der Waals surface area contributed by atoms with Gasteiger partial charge in [0.1, 0.15) is 12.4 Å². The number of rotatable bonds is 13. The lowest BCUT2D eigenvalue weighted by Crippen LogP contribution is -2.53. The Kier molecular flexibility index (Phi) is 9.86. The van der Waals surface area contributed by atoms with E-state index in [0.717, 1.165) is 18.6 Å². The second-order valence-corrected chi connectivity index (χ2v) is 11.3. The van der Waals surface area contributed by atoms with Gasteiger partial charge >= 0.3 is 11.9 Å². The number of likely N-dealkylation sites (N-methyl/N-ethyl adjacent to an activating group) is 1. The number of sulfonamides is 1. The quantitative estimate of drug-likeness (QED) is 0.106. The van der Waals surface area contributed by atoms with Gasteiger partial charge in [-0.3, -0.25) is 14.4 Å². The molecule has 1 aliphatic carbocycles. The zero-order valence-electron chi connectivity index (χ0n) is 21.6. The minimum absolute atomic E-state index is 0.150. The number of carboxylic acid groups (broad SMARTS) is 2. The lowest BCUT2D eigenvalue weighted by Gasteiger charge is -2.37. The highest BCUT2D eigenvalue weighted by Crippen LogP contribution is 2.28. The molecule has 0 radical (unpaired) electrons. The average Bonchev–Trinajstić information content (AvgIpc) is 3.73. The Hall–Kier alpha value is -3.72. The summed E-state index contributed by atoms with van der Waals surface area (Å²) in [6, 6.07) is 2.86. The van der Waals surface area contributed by atoms with E-state index in [4.69, 9.17) is 10.9 Å². The van der Waals surface area contributed by atoms with Crippen LogP contribution in [-0.2, 0) is 24.4 Å². The molecule has 214 valence electrons. The molecule has 0 aromatic heterocycles. The van der Waals surface area contributed by atoms with Crippen LogP contribution < -0.4 is 10.6 Å².